The summed E-state index contributed by atoms with van der Waals surface area (Å²) in [6.45, 7) is 3.90. The number of hydrogen-bond donors (Lipinski definition) is 1. The molecule has 3 atom stereocenters. The van der Waals surface area contributed by atoms with Gasteiger partial charge in [-0.2, -0.15) is 13.2 Å². The molecule has 2 saturated heterocycles. The zero-order valence-electron chi connectivity index (χ0n) is 16.6. The maximum absolute atomic E-state index is 12.8. The van der Waals surface area contributed by atoms with Crippen LogP contribution in [-0.4, -0.2) is 88.4 Å². The smallest absolute Gasteiger partial charge is 0.475 e. The number of alkyl halides is 3. The maximum atomic E-state index is 12.8. The van der Waals surface area contributed by atoms with Gasteiger partial charge in [-0.1, -0.05) is 0 Å². The number of carbonyl (C=O) groups is 2. The predicted octanol–water partition coefficient (Wildman–Crippen LogP) is 1.68. The molecule has 1 amide bonds. The molecule has 1 aromatic heterocycles. The maximum Gasteiger partial charge on any atom is 0.490 e. The van der Waals surface area contributed by atoms with Gasteiger partial charge in [-0.3, -0.25) is 4.79 Å². The first kappa shape index (κ1) is 22.4. The third kappa shape index (κ3) is 5.45. The number of likely N-dealkylation sites (tertiary alicyclic amines) is 2. The summed E-state index contributed by atoms with van der Waals surface area (Å²) < 4.78 is 37.4. The van der Waals surface area contributed by atoms with E-state index >= 15 is 0 Å². The molecular weight excluding hydrogens is 405 g/mol. The Labute approximate surface area is 172 Å². The Morgan fingerprint density at radius 2 is 1.83 bits per heavy atom. The molecule has 0 bridgehead atoms. The standard InChI is InChI=1S/C17H24N4O2.C2HF3O2/c1-23-15-5-8-21(17(22)16-18-6-2-7-19-16)14-11-20(10-13(14)15)9-12-3-4-12;3-2(4,5)1(6)7/h2,6-7,12-15H,3-5,8-11H2,1H3;(H,6,7)/t13-,14+,15-;/m0./s1. The number of hydrogen-bond acceptors (Lipinski definition) is 6. The highest BCUT2D eigenvalue weighted by molar-refractivity contribution is 5.90. The van der Waals surface area contributed by atoms with Crippen LogP contribution in [0.3, 0.4) is 0 Å². The van der Waals surface area contributed by atoms with Crippen molar-refractivity contribution in [1.82, 2.24) is 19.8 Å². The van der Waals surface area contributed by atoms with Crippen LogP contribution in [0.1, 0.15) is 29.9 Å². The van der Waals surface area contributed by atoms with Crippen molar-refractivity contribution >= 4 is 11.9 Å². The molecule has 1 saturated carbocycles. The molecule has 0 spiro atoms. The van der Waals surface area contributed by atoms with Crippen LogP contribution >= 0.6 is 0 Å². The van der Waals surface area contributed by atoms with E-state index in [9.17, 15) is 18.0 Å². The minimum atomic E-state index is -5.08. The highest BCUT2D eigenvalue weighted by Crippen LogP contribution is 2.36. The van der Waals surface area contributed by atoms with Gasteiger partial charge in [-0.05, 0) is 31.2 Å². The van der Waals surface area contributed by atoms with Crippen LogP contribution < -0.4 is 0 Å². The van der Waals surface area contributed by atoms with Crippen molar-refractivity contribution in [3.05, 3.63) is 24.3 Å². The molecule has 3 fully saturated rings. The third-order valence-corrected chi connectivity index (χ3v) is 5.72. The first-order chi connectivity index (χ1) is 14.2. The van der Waals surface area contributed by atoms with Gasteiger partial charge >= 0.3 is 12.1 Å². The summed E-state index contributed by atoms with van der Waals surface area (Å²) in [7, 11) is 1.79. The number of aliphatic carboxylic acids is 1. The number of carboxylic acids is 1. The van der Waals surface area contributed by atoms with Gasteiger partial charge in [0.1, 0.15) is 0 Å². The Bertz CT molecular complexity index is 745. The fourth-order valence-electron chi connectivity index (χ4n) is 4.13. The fourth-order valence-corrected chi connectivity index (χ4v) is 4.13. The number of aromatic nitrogens is 2. The molecule has 3 aliphatic rings. The lowest BCUT2D eigenvalue weighted by Crippen LogP contribution is -2.53. The number of halogens is 3. The molecule has 4 rings (SSSR count). The van der Waals surface area contributed by atoms with Crippen molar-refractivity contribution in [3.63, 3.8) is 0 Å². The Morgan fingerprint density at radius 1 is 1.20 bits per heavy atom. The molecule has 1 N–H and O–H groups in total. The lowest BCUT2D eigenvalue weighted by atomic mass is 9.89. The van der Waals surface area contributed by atoms with Crippen molar-refractivity contribution in [2.45, 2.75) is 37.6 Å². The largest absolute Gasteiger partial charge is 0.490 e. The van der Waals surface area contributed by atoms with E-state index < -0.39 is 12.1 Å². The van der Waals surface area contributed by atoms with E-state index in [4.69, 9.17) is 14.6 Å². The van der Waals surface area contributed by atoms with E-state index in [-0.39, 0.29) is 18.1 Å². The molecule has 30 heavy (non-hydrogen) atoms. The van der Waals surface area contributed by atoms with E-state index in [2.05, 4.69) is 14.9 Å². The number of nitrogens with zero attached hydrogens (tertiary/aromatic N) is 4. The van der Waals surface area contributed by atoms with Gasteiger partial charge in [0.15, 0.2) is 0 Å². The summed E-state index contributed by atoms with van der Waals surface area (Å²) in [5.74, 6) is -1.21. The van der Waals surface area contributed by atoms with Crippen molar-refractivity contribution in [2.24, 2.45) is 11.8 Å². The molecule has 3 heterocycles. The highest BCUT2D eigenvalue weighted by Gasteiger charge is 2.47. The van der Waals surface area contributed by atoms with Gasteiger partial charge in [0.25, 0.3) is 5.91 Å². The zero-order valence-corrected chi connectivity index (χ0v) is 16.6. The number of ether oxygens (including phenoxy) is 1. The quantitative estimate of drug-likeness (QED) is 0.777. The molecule has 1 aliphatic carbocycles. The van der Waals surface area contributed by atoms with Gasteiger partial charge < -0.3 is 19.6 Å². The van der Waals surface area contributed by atoms with Crippen LogP contribution in [0.2, 0.25) is 0 Å². The molecule has 166 valence electrons. The van der Waals surface area contributed by atoms with E-state index in [0.717, 1.165) is 32.0 Å². The summed E-state index contributed by atoms with van der Waals surface area (Å²) in [6, 6.07) is 1.97. The van der Waals surface area contributed by atoms with Crippen LogP contribution in [-0.2, 0) is 9.53 Å². The number of fused-ring (bicyclic) bond motifs is 1. The molecule has 0 radical (unpaired) electrons. The van der Waals surface area contributed by atoms with Crippen LogP contribution in [0.15, 0.2) is 18.5 Å². The number of amides is 1. The molecule has 8 nitrogen and oxygen atoms in total. The SMILES string of the molecule is CO[C@H]1CCN(C(=O)c2ncccn2)[C@@H]2CN(CC3CC3)C[C@H]12.O=C(O)C(F)(F)F. The van der Waals surface area contributed by atoms with Crippen LogP contribution in [0.5, 0.6) is 0 Å². The second-order valence-corrected chi connectivity index (χ2v) is 7.83. The first-order valence-corrected chi connectivity index (χ1v) is 9.84. The van der Waals surface area contributed by atoms with E-state index in [1.807, 2.05) is 4.90 Å². The van der Waals surface area contributed by atoms with E-state index in [0.29, 0.717) is 11.7 Å². The van der Waals surface area contributed by atoms with Crippen LogP contribution in [0.4, 0.5) is 13.2 Å². The van der Waals surface area contributed by atoms with Crippen molar-refractivity contribution in [2.75, 3.05) is 33.3 Å². The number of methoxy groups -OCH3 is 1. The second kappa shape index (κ2) is 9.25. The average Bonchev–Trinajstić information content (AvgIpc) is 3.42. The van der Waals surface area contributed by atoms with Crippen LogP contribution in [0.25, 0.3) is 0 Å². The van der Waals surface area contributed by atoms with Crippen molar-refractivity contribution in [3.8, 4) is 0 Å². The number of rotatable bonds is 4. The minimum absolute atomic E-state index is 0.0385. The molecular formula is C19H25F3N4O4. The molecule has 2 aliphatic heterocycles. The monoisotopic (exact) mass is 430 g/mol. The van der Waals surface area contributed by atoms with Gasteiger partial charge in [0, 0.05) is 51.6 Å². The first-order valence-electron chi connectivity index (χ1n) is 9.84. The summed E-state index contributed by atoms with van der Waals surface area (Å²) in [6.07, 6.45) is 2.06. The Kier molecular flexibility index (Phi) is 6.91. The lowest BCUT2D eigenvalue weighted by molar-refractivity contribution is -0.192. The normalized spacial score (nSPS) is 26.5. The molecule has 1 aromatic rings. The van der Waals surface area contributed by atoms with Crippen LogP contribution in [0, 0.1) is 11.8 Å². The van der Waals surface area contributed by atoms with Gasteiger partial charge in [-0.15, -0.1) is 0 Å². The zero-order chi connectivity index (χ0) is 21.9. The number of carboxylic acid groups (broad SMARTS) is 1. The molecule has 0 aromatic carbocycles. The van der Waals surface area contributed by atoms with Gasteiger partial charge in [-0.25, -0.2) is 14.8 Å². The molecule has 11 heteroatoms. The highest BCUT2D eigenvalue weighted by atomic mass is 19.4. The lowest BCUT2D eigenvalue weighted by Gasteiger charge is -2.40. The predicted molar refractivity (Wildman–Crippen MR) is 98.6 cm³/mol. The number of carbonyl (C=O) groups excluding carboxylic acids is 1. The average molecular weight is 430 g/mol. The topological polar surface area (TPSA) is 95.9 Å². The molecule has 0 unspecified atom stereocenters. The minimum Gasteiger partial charge on any atom is -0.475 e. The van der Waals surface area contributed by atoms with E-state index in [1.165, 1.54) is 19.4 Å². The Morgan fingerprint density at radius 3 is 2.37 bits per heavy atom. The Balaban J connectivity index is 0.000000318. The number of piperidine rings is 1. The second-order valence-electron chi connectivity index (χ2n) is 7.83. The third-order valence-electron chi connectivity index (χ3n) is 5.72. The summed E-state index contributed by atoms with van der Waals surface area (Å²) in [4.78, 5) is 34.5. The summed E-state index contributed by atoms with van der Waals surface area (Å²) >= 11 is 0. The van der Waals surface area contributed by atoms with Gasteiger partial charge in [0.05, 0.1) is 12.1 Å². The fraction of sp³-hybridized carbons (Fsp3) is 0.684. The van der Waals surface area contributed by atoms with E-state index in [1.54, 1.807) is 25.6 Å². The summed E-state index contributed by atoms with van der Waals surface area (Å²) in [5.41, 5.74) is 0. The van der Waals surface area contributed by atoms with Gasteiger partial charge in [0.2, 0.25) is 5.82 Å². The summed E-state index contributed by atoms with van der Waals surface area (Å²) in [5, 5.41) is 7.12. The van der Waals surface area contributed by atoms with Crippen molar-refractivity contribution in [1.29, 1.82) is 0 Å². The Hall–Kier alpha value is -2.27. The van der Waals surface area contributed by atoms with Crippen molar-refractivity contribution < 1.29 is 32.6 Å².